The Labute approximate surface area is 198 Å². The molecule has 0 radical (unpaired) electrons. The van der Waals surface area contributed by atoms with E-state index in [0.29, 0.717) is 17.9 Å². The number of rotatable bonds is 4. The molecule has 34 heavy (non-hydrogen) atoms. The molecule has 2 aliphatic rings. The first-order valence-corrected chi connectivity index (χ1v) is 11.2. The number of nitriles is 2. The average Bonchev–Trinajstić information content (AvgIpc) is 3.46. The fourth-order valence-corrected chi connectivity index (χ4v) is 4.65. The van der Waals surface area contributed by atoms with E-state index in [1.54, 1.807) is 12.1 Å². The van der Waals surface area contributed by atoms with Crippen molar-refractivity contribution in [2.75, 3.05) is 6.61 Å². The molecule has 0 aromatic heterocycles. The van der Waals surface area contributed by atoms with Crippen LogP contribution in [0.4, 0.5) is 0 Å². The predicted molar refractivity (Wildman–Crippen MR) is 126 cm³/mol. The van der Waals surface area contributed by atoms with Gasteiger partial charge in [0.1, 0.15) is 11.5 Å². The number of phenols is 1. The Balaban J connectivity index is 0.000000172. The molecule has 1 atom stereocenters. The van der Waals surface area contributed by atoms with Gasteiger partial charge in [-0.3, -0.25) is 4.79 Å². The van der Waals surface area contributed by atoms with Crippen molar-refractivity contribution in [1.82, 2.24) is 0 Å². The molecule has 170 valence electrons. The third kappa shape index (κ3) is 5.03. The molecule has 0 saturated carbocycles. The molecule has 5 rings (SSSR count). The summed E-state index contributed by atoms with van der Waals surface area (Å²) in [6, 6.07) is 20.9. The predicted octanol–water partition coefficient (Wildman–Crippen LogP) is 4.85. The Morgan fingerprint density at radius 1 is 1.06 bits per heavy atom. The molecule has 6 nitrogen and oxygen atoms in total. The maximum Gasteiger partial charge on any atom is 0.304 e. The molecule has 0 spiro atoms. The third-order valence-corrected chi connectivity index (χ3v) is 6.26. The van der Waals surface area contributed by atoms with Crippen LogP contribution in [-0.2, 0) is 24.1 Å². The Kier molecular flexibility index (Phi) is 6.80. The number of benzene rings is 3. The summed E-state index contributed by atoms with van der Waals surface area (Å²) in [5, 5.41) is 36.1. The summed E-state index contributed by atoms with van der Waals surface area (Å²) in [5.41, 5.74) is 7.30. The fraction of sp³-hybridized carbons (Fsp3) is 0.250. The molecule has 2 N–H and O–H groups in total. The zero-order valence-corrected chi connectivity index (χ0v) is 18.6. The first kappa shape index (κ1) is 22.9. The van der Waals surface area contributed by atoms with E-state index in [0.717, 1.165) is 41.5 Å². The van der Waals surface area contributed by atoms with Crippen LogP contribution in [0, 0.1) is 22.7 Å². The quantitative estimate of drug-likeness (QED) is 0.585. The Morgan fingerprint density at radius 2 is 1.91 bits per heavy atom. The molecular weight excluding hydrogens is 428 g/mol. The van der Waals surface area contributed by atoms with Gasteiger partial charge in [0.2, 0.25) is 0 Å². The van der Waals surface area contributed by atoms with Gasteiger partial charge in [0.15, 0.2) is 0 Å². The Bertz CT molecular complexity index is 1320. The lowest BCUT2D eigenvalue weighted by Crippen LogP contribution is -2.07. The number of carboxylic acids is 1. The minimum atomic E-state index is -0.834. The summed E-state index contributed by atoms with van der Waals surface area (Å²) < 4.78 is 5.27. The third-order valence-electron chi connectivity index (χ3n) is 6.26. The van der Waals surface area contributed by atoms with Crippen LogP contribution in [0.5, 0.6) is 11.5 Å². The highest BCUT2D eigenvalue weighted by Crippen LogP contribution is 2.37. The van der Waals surface area contributed by atoms with Crippen LogP contribution in [0.15, 0.2) is 54.6 Å². The van der Waals surface area contributed by atoms with Crippen LogP contribution in [0.3, 0.4) is 0 Å². The second kappa shape index (κ2) is 10.1. The minimum Gasteiger partial charge on any atom is -0.508 e. The summed E-state index contributed by atoms with van der Waals surface area (Å²) in [6.07, 6.45) is 4.17. The van der Waals surface area contributed by atoms with Crippen LogP contribution >= 0.6 is 0 Å². The van der Waals surface area contributed by atoms with Gasteiger partial charge in [-0.25, -0.2) is 0 Å². The van der Waals surface area contributed by atoms with Gasteiger partial charge < -0.3 is 14.9 Å². The number of aliphatic carboxylic acids is 1. The molecule has 6 heteroatoms. The average molecular weight is 453 g/mol. The number of nitrogens with zero attached hydrogens (tertiary/aromatic N) is 2. The summed E-state index contributed by atoms with van der Waals surface area (Å²) in [7, 11) is 0. The van der Waals surface area contributed by atoms with Crippen molar-refractivity contribution in [2.45, 2.75) is 38.0 Å². The van der Waals surface area contributed by atoms with E-state index in [9.17, 15) is 10.1 Å². The normalized spacial score (nSPS) is 15.1. The van der Waals surface area contributed by atoms with Crippen molar-refractivity contribution in [3.8, 4) is 23.6 Å². The maximum atomic E-state index is 10.5. The van der Waals surface area contributed by atoms with Gasteiger partial charge in [-0.2, -0.15) is 10.5 Å². The van der Waals surface area contributed by atoms with Gasteiger partial charge in [0, 0.05) is 17.5 Å². The second-order valence-electron chi connectivity index (χ2n) is 8.51. The van der Waals surface area contributed by atoms with E-state index >= 15 is 0 Å². The highest BCUT2D eigenvalue weighted by molar-refractivity contribution is 5.68. The van der Waals surface area contributed by atoms with Crippen LogP contribution in [0.1, 0.15) is 57.7 Å². The molecule has 1 aliphatic carbocycles. The van der Waals surface area contributed by atoms with Gasteiger partial charge >= 0.3 is 5.97 Å². The van der Waals surface area contributed by atoms with Gasteiger partial charge in [0.25, 0.3) is 0 Å². The first-order chi connectivity index (χ1) is 16.5. The Hall–Kier alpha value is -4.29. The van der Waals surface area contributed by atoms with Crippen molar-refractivity contribution in [3.05, 3.63) is 93.5 Å². The van der Waals surface area contributed by atoms with E-state index in [2.05, 4.69) is 18.2 Å². The van der Waals surface area contributed by atoms with Crippen molar-refractivity contribution in [1.29, 1.82) is 10.5 Å². The van der Waals surface area contributed by atoms with Crippen LogP contribution in [-0.4, -0.2) is 22.8 Å². The van der Waals surface area contributed by atoms with Crippen molar-refractivity contribution in [3.63, 3.8) is 0 Å². The van der Waals surface area contributed by atoms with Crippen LogP contribution in [0.25, 0.3) is 0 Å². The lowest BCUT2D eigenvalue weighted by atomic mass is 9.92. The number of ether oxygens (including phenoxy) is 1. The smallest absolute Gasteiger partial charge is 0.304 e. The maximum absolute atomic E-state index is 10.5. The van der Waals surface area contributed by atoms with Gasteiger partial charge in [-0.05, 0) is 72.2 Å². The highest BCUT2D eigenvalue weighted by Gasteiger charge is 2.26. The molecule has 0 saturated heterocycles. The largest absolute Gasteiger partial charge is 0.508 e. The SMILES string of the molecule is N#Cc1cccc(Cc2c(C#N)ccc3c2CCC3)c1.O=C(O)CC1COc2cc(O)ccc21. The molecule has 3 aromatic carbocycles. The monoisotopic (exact) mass is 452 g/mol. The number of aryl methyl sites for hydroxylation is 1. The van der Waals surface area contributed by atoms with Crippen molar-refractivity contribution < 1.29 is 19.7 Å². The molecule has 1 unspecified atom stereocenters. The molecule has 3 aromatic rings. The van der Waals surface area contributed by atoms with Gasteiger partial charge in [0.05, 0.1) is 36.3 Å². The standard InChI is InChI=1S/C18H14N2.C10H10O4/c19-11-14-4-1-3-13(9-14)10-18-16(12-20)8-7-15-5-2-6-17(15)18;11-7-1-2-8-6(3-10(12)13)5-14-9(8)4-7/h1,3-4,7-9H,2,5-6,10H2;1-2,4,6,11H,3,5H2,(H,12,13). The molecule has 1 heterocycles. The molecule has 0 fully saturated rings. The van der Waals surface area contributed by atoms with Gasteiger partial charge in [-0.15, -0.1) is 0 Å². The summed E-state index contributed by atoms with van der Waals surface area (Å²) in [6.45, 7) is 0.380. The van der Waals surface area contributed by atoms with Crippen LogP contribution in [0.2, 0.25) is 0 Å². The van der Waals surface area contributed by atoms with E-state index < -0.39 is 5.97 Å². The van der Waals surface area contributed by atoms with Crippen LogP contribution < -0.4 is 4.74 Å². The lowest BCUT2D eigenvalue weighted by Gasteiger charge is -2.11. The van der Waals surface area contributed by atoms with Gasteiger partial charge in [-0.1, -0.05) is 24.3 Å². The summed E-state index contributed by atoms with van der Waals surface area (Å²) in [4.78, 5) is 10.5. The number of phenolic OH excluding ortho intramolecular Hbond substituents is 1. The number of carboxylic acid groups (broad SMARTS) is 1. The second-order valence-corrected chi connectivity index (χ2v) is 8.51. The topological polar surface area (TPSA) is 114 Å². The minimum absolute atomic E-state index is 0.0672. The molecule has 1 aliphatic heterocycles. The van der Waals surface area contributed by atoms with E-state index in [1.807, 2.05) is 30.3 Å². The summed E-state index contributed by atoms with van der Waals surface area (Å²) >= 11 is 0. The zero-order chi connectivity index (χ0) is 24.1. The molecular formula is C28H24N2O4. The Morgan fingerprint density at radius 3 is 2.68 bits per heavy atom. The number of carbonyl (C=O) groups is 1. The zero-order valence-electron chi connectivity index (χ0n) is 18.6. The first-order valence-electron chi connectivity index (χ1n) is 11.2. The van der Waals surface area contributed by atoms with Crippen molar-refractivity contribution >= 4 is 5.97 Å². The van der Waals surface area contributed by atoms with E-state index in [1.165, 1.54) is 23.6 Å². The number of hydrogen-bond acceptors (Lipinski definition) is 5. The van der Waals surface area contributed by atoms with Crippen molar-refractivity contribution in [2.24, 2.45) is 0 Å². The molecule has 0 bridgehead atoms. The number of fused-ring (bicyclic) bond motifs is 2. The number of aromatic hydroxyl groups is 1. The lowest BCUT2D eigenvalue weighted by molar-refractivity contribution is -0.137. The van der Waals surface area contributed by atoms with E-state index in [-0.39, 0.29) is 18.1 Å². The fourth-order valence-electron chi connectivity index (χ4n) is 4.65. The number of hydrogen-bond donors (Lipinski definition) is 2. The molecule has 0 amide bonds. The highest BCUT2D eigenvalue weighted by atomic mass is 16.5. The summed E-state index contributed by atoms with van der Waals surface area (Å²) in [5.74, 6) is -0.196. The van der Waals surface area contributed by atoms with E-state index in [4.69, 9.17) is 20.2 Å².